The molecule has 17 heavy (non-hydrogen) atoms. The minimum Gasteiger partial charge on any atom is -0.314 e. The molecule has 0 aromatic heterocycles. The molecule has 1 saturated carbocycles. The molecule has 0 amide bonds. The summed E-state index contributed by atoms with van der Waals surface area (Å²) in [7, 11) is 0. The molecule has 1 nitrogen and oxygen atoms in total. The fourth-order valence-electron chi connectivity index (χ4n) is 1.95. The van der Waals surface area contributed by atoms with Crippen LogP contribution < -0.4 is 5.32 Å². The van der Waals surface area contributed by atoms with E-state index in [9.17, 15) is 0 Å². The van der Waals surface area contributed by atoms with Crippen LogP contribution in [0.2, 0.25) is 0 Å². The van der Waals surface area contributed by atoms with Gasteiger partial charge in [0.15, 0.2) is 0 Å². The van der Waals surface area contributed by atoms with Crippen LogP contribution in [0.1, 0.15) is 37.7 Å². The van der Waals surface area contributed by atoms with Gasteiger partial charge in [-0.25, -0.2) is 0 Å². The summed E-state index contributed by atoms with van der Waals surface area (Å²) in [4.78, 5) is 0. The van der Waals surface area contributed by atoms with E-state index in [1.807, 2.05) is 0 Å². The number of unbranched alkanes of at least 4 members (excludes halogenated alkanes) is 2. The topological polar surface area (TPSA) is 12.0 Å². The van der Waals surface area contributed by atoms with E-state index >= 15 is 0 Å². The normalized spacial score (nSPS) is 15.2. The van der Waals surface area contributed by atoms with Gasteiger partial charge in [-0.1, -0.05) is 38.3 Å². The number of hydrogen-bond donors (Lipinski definition) is 1. The van der Waals surface area contributed by atoms with Crippen LogP contribution in [-0.2, 0) is 6.42 Å². The summed E-state index contributed by atoms with van der Waals surface area (Å²) in [5.74, 6) is 0. The van der Waals surface area contributed by atoms with Crippen molar-refractivity contribution in [3.8, 4) is 0 Å². The number of rotatable bonds is 7. The highest BCUT2D eigenvalue weighted by Crippen LogP contribution is 2.23. The van der Waals surface area contributed by atoms with Gasteiger partial charge in [-0.05, 0) is 62.4 Å². The van der Waals surface area contributed by atoms with Gasteiger partial charge in [0, 0.05) is 15.0 Å². The molecule has 0 bridgehead atoms. The quantitative estimate of drug-likeness (QED) is 0.696. The summed E-state index contributed by atoms with van der Waals surface area (Å²) in [6.45, 7) is 1.20. The summed E-state index contributed by atoms with van der Waals surface area (Å²) < 4.78 is 2.41. The van der Waals surface area contributed by atoms with Crippen molar-refractivity contribution in [3.05, 3.63) is 32.7 Å². The summed E-state index contributed by atoms with van der Waals surface area (Å²) in [5.41, 5.74) is 1.41. The van der Waals surface area contributed by atoms with Crippen molar-refractivity contribution < 1.29 is 0 Å². The van der Waals surface area contributed by atoms with E-state index < -0.39 is 0 Å². The zero-order valence-corrected chi connectivity index (χ0v) is 13.2. The van der Waals surface area contributed by atoms with Crippen LogP contribution in [0.15, 0.2) is 27.1 Å². The summed E-state index contributed by atoms with van der Waals surface area (Å²) in [6.07, 6.45) is 7.86. The van der Waals surface area contributed by atoms with Crippen molar-refractivity contribution in [1.82, 2.24) is 5.32 Å². The number of halogens is 2. The lowest BCUT2D eigenvalue weighted by molar-refractivity contribution is 0.600. The Labute approximate surface area is 121 Å². The molecule has 0 aliphatic heterocycles. The van der Waals surface area contributed by atoms with Crippen molar-refractivity contribution in [1.29, 1.82) is 0 Å². The summed E-state index contributed by atoms with van der Waals surface area (Å²) in [5, 5.41) is 3.56. The van der Waals surface area contributed by atoms with Crippen LogP contribution in [0.25, 0.3) is 0 Å². The molecule has 1 aliphatic carbocycles. The van der Waals surface area contributed by atoms with Crippen LogP contribution in [0.3, 0.4) is 0 Å². The average molecular weight is 361 g/mol. The van der Waals surface area contributed by atoms with Crippen molar-refractivity contribution in [2.75, 3.05) is 6.54 Å². The molecule has 1 aliphatic rings. The maximum absolute atomic E-state index is 3.61. The van der Waals surface area contributed by atoms with Gasteiger partial charge in [0.1, 0.15) is 0 Å². The molecule has 2 rings (SSSR count). The first kappa shape index (κ1) is 13.6. The van der Waals surface area contributed by atoms with Gasteiger partial charge >= 0.3 is 0 Å². The molecule has 3 heteroatoms. The van der Waals surface area contributed by atoms with Crippen LogP contribution >= 0.6 is 31.9 Å². The van der Waals surface area contributed by atoms with Gasteiger partial charge in [0.25, 0.3) is 0 Å². The fraction of sp³-hybridized carbons (Fsp3) is 0.571. The van der Waals surface area contributed by atoms with E-state index in [1.165, 1.54) is 59.6 Å². The molecule has 1 aromatic rings. The van der Waals surface area contributed by atoms with Gasteiger partial charge in [-0.15, -0.1) is 0 Å². The first-order valence-electron chi connectivity index (χ1n) is 6.43. The van der Waals surface area contributed by atoms with Crippen molar-refractivity contribution >= 4 is 31.9 Å². The van der Waals surface area contributed by atoms with Crippen LogP contribution in [-0.4, -0.2) is 12.6 Å². The minimum absolute atomic E-state index is 0.856. The van der Waals surface area contributed by atoms with Crippen molar-refractivity contribution in [2.24, 2.45) is 0 Å². The second kappa shape index (κ2) is 6.91. The van der Waals surface area contributed by atoms with Crippen LogP contribution in [0, 0.1) is 0 Å². The Bertz CT molecular complexity index is 361. The lowest BCUT2D eigenvalue weighted by atomic mass is 10.1. The third kappa shape index (κ3) is 5.11. The third-order valence-electron chi connectivity index (χ3n) is 3.14. The Kier molecular flexibility index (Phi) is 5.51. The minimum atomic E-state index is 0.856. The molecule has 0 radical (unpaired) electrons. The van der Waals surface area contributed by atoms with Crippen molar-refractivity contribution in [2.45, 2.75) is 44.6 Å². The standard InChI is InChI=1S/C14H19Br2N/c15-12-5-8-14(16)11(10-12)4-2-1-3-9-17-13-6-7-13/h5,8,10,13,17H,1-4,6-7,9H2. The zero-order chi connectivity index (χ0) is 12.1. The summed E-state index contributed by atoms with van der Waals surface area (Å²) >= 11 is 7.13. The Morgan fingerprint density at radius 2 is 1.94 bits per heavy atom. The Balaban J connectivity index is 1.61. The Morgan fingerprint density at radius 1 is 1.12 bits per heavy atom. The van der Waals surface area contributed by atoms with Gasteiger partial charge in [0.05, 0.1) is 0 Å². The molecular weight excluding hydrogens is 342 g/mol. The maximum Gasteiger partial charge on any atom is 0.0208 e. The molecule has 0 spiro atoms. The molecule has 0 atom stereocenters. The highest BCUT2D eigenvalue weighted by atomic mass is 79.9. The number of nitrogens with one attached hydrogen (secondary N) is 1. The fourth-order valence-corrected chi connectivity index (χ4v) is 2.80. The molecular formula is C14H19Br2N. The predicted octanol–water partition coefficient (Wildman–Crippen LogP) is 4.68. The number of benzene rings is 1. The van der Waals surface area contributed by atoms with E-state index in [2.05, 4.69) is 55.4 Å². The maximum atomic E-state index is 3.61. The highest BCUT2D eigenvalue weighted by molar-refractivity contribution is 9.11. The van der Waals surface area contributed by atoms with E-state index in [-0.39, 0.29) is 0 Å². The van der Waals surface area contributed by atoms with Gasteiger partial charge < -0.3 is 5.32 Å². The van der Waals surface area contributed by atoms with E-state index in [0.717, 1.165) is 6.04 Å². The molecule has 0 unspecified atom stereocenters. The Morgan fingerprint density at radius 3 is 2.71 bits per heavy atom. The average Bonchev–Trinajstić information content (AvgIpc) is 3.11. The van der Waals surface area contributed by atoms with E-state index in [4.69, 9.17) is 0 Å². The second-order valence-electron chi connectivity index (χ2n) is 4.77. The number of hydrogen-bond acceptors (Lipinski definition) is 1. The molecule has 0 saturated heterocycles. The van der Waals surface area contributed by atoms with E-state index in [1.54, 1.807) is 0 Å². The Hall–Kier alpha value is 0.140. The molecule has 1 fully saturated rings. The second-order valence-corrected chi connectivity index (χ2v) is 6.54. The SMILES string of the molecule is Brc1ccc(Br)c(CCCCCNC2CC2)c1. The van der Waals surface area contributed by atoms with Gasteiger partial charge in [-0.3, -0.25) is 0 Å². The van der Waals surface area contributed by atoms with Gasteiger partial charge in [0.2, 0.25) is 0 Å². The summed E-state index contributed by atoms with van der Waals surface area (Å²) in [6, 6.07) is 7.27. The van der Waals surface area contributed by atoms with Crippen LogP contribution in [0.5, 0.6) is 0 Å². The molecule has 94 valence electrons. The largest absolute Gasteiger partial charge is 0.314 e. The van der Waals surface area contributed by atoms with Gasteiger partial charge in [-0.2, -0.15) is 0 Å². The third-order valence-corrected chi connectivity index (χ3v) is 4.41. The predicted molar refractivity (Wildman–Crippen MR) is 80.4 cm³/mol. The lowest BCUT2D eigenvalue weighted by Crippen LogP contribution is -2.17. The molecule has 1 aromatic carbocycles. The molecule has 0 heterocycles. The smallest absolute Gasteiger partial charge is 0.0208 e. The lowest BCUT2D eigenvalue weighted by Gasteiger charge is -2.06. The first-order chi connectivity index (χ1) is 8.25. The first-order valence-corrected chi connectivity index (χ1v) is 8.01. The molecule has 1 N–H and O–H groups in total. The highest BCUT2D eigenvalue weighted by Gasteiger charge is 2.19. The number of aryl methyl sites for hydroxylation is 1. The van der Waals surface area contributed by atoms with Crippen molar-refractivity contribution in [3.63, 3.8) is 0 Å². The van der Waals surface area contributed by atoms with Crippen LogP contribution in [0.4, 0.5) is 0 Å². The van der Waals surface area contributed by atoms with E-state index in [0.29, 0.717) is 0 Å². The monoisotopic (exact) mass is 359 g/mol. The zero-order valence-electron chi connectivity index (χ0n) is 10.0.